The van der Waals surface area contributed by atoms with Crippen LogP contribution >= 0.6 is 34.8 Å². The van der Waals surface area contributed by atoms with Gasteiger partial charge in [-0.3, -0.25) is 9.59 Å². The molecule has 3 aromatic carbocycles. The first-order chi connectivity index (χ1) is 16.0. The first-order valence-corrected chi connectivity index (χ1v) is 12.0. The minimum absolute atomic E-state index is 0.141. The van der Waals surface area contributed by atoms with Gasteiger partial charge in [-0.15, -0.1) is 0 Å². The standard InChI is InChI=1S/C27H27Cl3N2O2/c1-16-7-5-8-19(28)23(16)25(33)32-22(27(2,3)4)15-17-11-13-18(14-12-17)31-26(34)24-20(29)9-6-10-21(24)30/h5-14,22H,15H2,1-4H3,(H,31,34)(H,32,33). The van der Waals surface area contributed by atoms with Gasteiger partial charge in [0.15, 0.2) is 0 Å². The number of hydrogen-bond acceptors (Lipinski definition) is 2. The van der Waals surface area contributed by atoms with Gasteiger partial charge in [0, 0.05) is 11.7 Å². The van der Waals surface area contributed by atoms with E-state index in [2.05, 4.69) is 31.4 Å². The molecule has 2 amide bonds. The molecule has 0 spiro atoms. The largest absolute Gasteiger partial charge is 0.348 e. The fourth-order valence-corrected chi connectivity index (χ4v) is 4.47. The van der Waals surface area contributed by atoms with Crippen molar-refractivity contribution in [3.8, 4) is 0 Å². The molecule has 34 heavy (non-hydrogen) atoms. The average Bonchev–Trinajstić information content (AvgIpc) is 2.73. The van der Waals surface area contributed by atoms with Crippen LogP contribution in [0.1, 0.15) is 52.6 Å². The van der Waals surface area contributed by atoms with Crippen LogP contribution in [0, 0.1) is 12.3 Å². The summed E-state index contributed by atoms with van der Waals surface area (Å²) in [5, 5.41) is 7.00. The third-order valence-corrected chi connectivity index (χ3v) is 6.59. The Morgan fingerprint density at radius 2 is 1.32 bits per heavy atom. The monoisotopic (exact) mass is 516 g/mol. The van der Waals surface area contributed by atoms with Crippen molar-refractivity contribution in [1.29, 1.82) is 0 Å². The second-order valence-corrected chi connectivity index (χ2v) is 10.5. The molecule has 0 heterocycles. The number of nitrogens with one attached hydrogen (secondary N) is 2. The highest BCUT2D eigenvalue weighted by Gasteiger charge is 2.28. The van der Waals surface area contributed by atoms with Gasteiger partial charge in [0.1, 0.15) is 0 Å². The van der Waals surface area contributed by atoms with E-state index in [4.69, 9.17) is 34.8 Å². The molecule has 7 heteroatoms. The second-order valence-electron chi connectivity index (χ2n) is 9.28. The predicted octanol–water partition coefficient (Wildman–Crippen LogP) is 7.59. The van der Waals surface area contributed by atoms with Crippen LogP contribution in [0.5, 0.6) is 0 Å². The fraction of sp³-hybridized carbons (Fsp3) is 0.259. The summed E-state index contributed by atoms with van der Waals surface area (Å²) in [5.74, 6) is -0.568. The van der Waals surface area contributed by atoms with E-state index in [0.717, 1.165) is 11.1 Å². The lowest BCUT2D eigenvalue weighted by Gasteiger charge is -2.32. The Hall–Kier alpha value is -2.53. The zero-order valence-electron chi connectivity index (χ0n) is 19.5. The molecular weight excluding hydrogens is 491 g/mol. The molecular formula is C27H27Cl3N2O2. The lowest BCUT2D eigenvalue weighted by molar-refractivity contribution is 0.0901. The molecule has 0 saturated heterocycles. The Labute approximate surface area is 215 Å². The summed E-state index contributed by atoms with van der Waals surface area (Å²) in [6.07, 6.45) is 0.614. The number of benzene rings is 3. The first-order valence-electron chi connectivity index (χ1n) is 10.9. The molecule has 3 rings (SSSR count). The first kappa shape index (κ1) is 26.1. The molecule has 1 atom stereocenters. The van der Waals surface area contributed by atoms with Gasteiger partial charge >= 0.3 is 0 Å². The molecule has 1 unspecified atom stereocenters. The lowest BCUT2D eigenvalue weighted by Crippen LogP contribution is -2.45. The Balaban J connectivity index is 1.73. The summed E-state index contributed by atoms with van der Waals surface area (Å²) in [7, 11) is 0. The maximum absolute atomic E-state index is 13.0. The number of carbonyl (C=O) groups excluding carboxylic acids is 2. The topological polar surface area (TPSA) is 58.2 Å². The van der Waals surface area contributed by atoms with Crippen molar-refractivity contribution >= 4 is 52.3 Å². The van der Waals surface area contributed by atoms with Gasteiger partial charge in [-0.2, -0.15) is 0 Å². The van der Waals surface area contributed by atoms with E-state index in [0.29, 0.717) is 32.7 Å². The van der Waals surface area contributed by atoms with Gasteiger partial charge in [0.2, 0.25) is 0 Å². The van der Waals surface area contributed by atoms with E-state index >= 15 is 0 Å². The van der Waals surface area contributed by atoms with Gasteiger partial charge in [-0.05, 0) is 60.2 Å². The molecule has 4 nitrogen and oxygen atoms in total. The highest BCUT2D eigenvalue weighted by atomic mass is 35.5. The van der Waals surface area contributed by atoms with Crippen LogP contribution in [0.2, 0.25) is 15.1 Å². The summed E-state index contributed by atoms with van der Waals surface area (Å²) in [4.78, 5) is 25.7. The number of carbonyl (C=O) groups is 2. The maximum Gasteiger partial charge on any atom is 0.258 e. The number of halogens is 3. The summed E-state index contributed by atoms with van der Waals surface area (Å²) in [5.41, 5.74) is 3.00. The smallest absolute Gasteiger partial charge is 0.258 e. The van der Waals surface area contributed by atoms with Crippen LogP contribution in [-0.4, -0.2) is 17.9 Å². The maximum atomic E-state index is 13.0. The number of amides is 2. The van der Waals surface area contributed by atoms with E-state index < -0.39 is 0 Å². The fourth-order valence-electron chi connectivity index (χ4n) is 3.59. The number of hydrogen-bond donors (Lipinski definition) is 2. The number of aryl methyl sites for hydroxylation is 1. The third-order valence-electron chi connectivity index (χ3n) is 5.64. The predicted molar refractivity (Wildman–Crippen MR) is 141 cm³/mol. The Morgan fingerprint density at radius 3 is 1.85 bits per heavy atom. The van der Waals surface area contributed by atoms with Gasteiger partial charge < -0.3 is 10.6 Å². The van der Waals surface area contributed by atoms with Crippen LogP contribution < -0.4 is 10.6 Å². The molecule has 0 aromatic heterocycles. The normalized spacial score (nSPS) is 12.2. The molecule has 0 aliphatic heterocycles. The summed E-state index contributed by atoms with van der Waals surface area (Å²) in [6.45, 7) is 8.12. The molecule has 178 valence electrons. The summed E-state index contributed by atoms with van der Waals surface area (Å²) >= 11 is 18.6. The minimum atomic E-state index is -0.377. The van der Waals surface area contributed by atoms with E-state index in [-0.39, 0.29) is 28.8 Å². The molecule has 0 saturated carbocycles. The van der Waals surface area contributed by atoms with Crippen LogP contribution in [0.3, 0.4) is 0 Å². The molecule has 0 aliphatic rings. The number of anilines is 1. The van der Waals surface area contributed by atoms with Crippen molar-refractivity contribution in [2.45, 2.75) is 40.2 Å². The molecule has 0 bridgehead atoms. The van der Waals surface area contributed by atoms with Crippen molar-refractivity contribution in [3.63, 3.8) is 0 Å². The average molecular weight is 518 g/mol. The van der Waals surface area contributed by atoms with Crippen LogP contribution in [-0.2, 0) is 6.42 Å². The van der Waals surface area contributed by atoms with E-state index in [1.165, 1.54) is 0 Å². The van der Waals surface area contributed by atoms with Gasteiger partial charge in [-0.25, -0.2) is 0 Å². The molecule has 2 N–H and O–H groups in total. The van der Waals surface area contributed by atoms with E-state index in [1.807, 2.05) is 43.3 Å². The van der Waals surface area contributed by atoms with Crippen molar-refractivity contribution in [2.75, 3.05) is 5.32 Å². The zero-order valence-corrected chi connectivity index (χ0v) is 21.8. The van der Waals surface area contributed by atoms with Crippen LogP contribution in [0.25, 0.3) is 0 Å². The van der Waals surface area contributed by atoms with Crippen molar-refractivity contribution < 1.29 is 9.59 Å². The summed E-state index contributed by atoms with van der Waals surface area (Å²) in [6, 6.07) is 17.7. The quantitative estimate of drug-likeness (QED) is 0.354. The third kappa shape index (κ3) is 6.32. The minimum Gasteiger partial charge on any atom is -0.348 e. The van der Waals surface area contributed by atoms with Crippen molar-refractivity contribution in [2.24, 2.45) is 5.41 Å². The molecule has 0 radical (unpaired) electrons. The second kappa shape index (κ2) is 10.8. The van der Waals surface area contributed by atoms with Gasteiger partial charge in [0.25, 0.3) is 11.8 Å². The van der Waals surface area contributed by atoms with Crippen LogP contribution in [0.4, 0.5) is 5.69 Å². The van der Waals surface area contributed by atoms with Gasteiger partial charge in [0.05, 0.1) is 26.2 Å². The number of rotatable bonds is 6. The van der Waals surface area contributed by atoms with E-state index in [1.54, 1.807) is 24.3 Å². The SMILES string of the molecule is Cc1cccc(Cl)c1C(=O)NC(Cc1ccc(NC(=O)c2c(Cl)cccc2Cl)cc1)C(C)(C)C. The highest BCUT2D eigenvalue weighted by Crippen LogP contribution is 2.27. The van der Waals surface area contributed by atoms with E-state index in [9.17, 15) is 9.59 Å². The highest BCUT2D eigenvalue weighted by molar-refractivity contribution is 6.40. The van der Waals surface area contributed by atoms with Gasteiger partial charge in [-0.1, -0.05) is 85.9 Å². The Morgan fingerprint density at radius 1 is 0.794 bits per heavy atom. The van der Waals surface area contributed by atoms with Crippen molar-refractivity contribution in [3.05, 3.63) is 98.0 Å². The van der Waals surface area contributed by atoms with Crippen molar-refractivity contribution in [1.82, 2.24) is 5.32 Å². The van der Waals surface area contributed by atoms with Crippen LogP contribution in [0.15, 0.2) is 60.7 Å². The Kier molecular flexibility index (Phi) is 8.29. The lowest BCUT2D eigenvalue weighted by atomic mass is 9.82. The zero-order chi connectivity index (χ0) is 25.0. The summed E-state index contributed by atoms with van der Waals surface area (Å²) < 4.78 is 0. The molecule has 3 aromatic rings. The molecule has 0 aliphatic carbocycles. The molecule has 0 fully saturated rings. The Bertz CT molecular complexity index is 1160.